The molecular formula is C20H26N4O5S. The van der Waals surface area contributed by atoms with Gasteiger partial charge in [0.1, 0.15) is 11.5 Å². The molecule has 162 valence electrons. The Morgan fingerprint density at radius 1 is 1.00 bits per heavy atom. The van der Waals surface area contributed by atoms with E-state index in [1.54, 1.807) is 41.8 Å². The lowest BCUT2D eigenvalue weighted by molar-refractivity contribution is 0.0670. The van der Waals surface area contributed by atoms with E-state index in [4.69, 9.17) is 4.42 Å². The molecule has 1 N–H and O–H groups in total. The number of urea groups is 1. The van der Waals surface area contributed by atoms with Crippen LogP contribution in [0.1, 0.15) is 21.9 Å². The van der Waals surface area contributed by atoms with Crippen molar-refractivity contribution in [1.82, 2.24) is 14.1 Å². The molecule has 1 saturated heterocycles. The van der Waals surface area contributed by atoms with Crippen molar-refractivity contribution in [3.8, 4) is 0 Å². The zero-order valence-electron chi connectivity index (χ0n) is 17.5. The fraction of sp³-hybridized carbons (Fsp3) is 0.400. The predicted octanol–water partition coefficient (Wildman–Crippen LogP) is 2.14. The minimum Gasteiger partial charge on any atom is -0.466 e. The number of nitrogens with one attached hydrogen (secondary N) is 1. The molecule has 0 aliphatic carbocycles. The van der Waals surface area contributed by atoms with Gasteiger partial charge in [-0.25, -0.2) is 17.5 Å². The lowest BCUT2D eigenvalue weighted by atomic mass is 10.2. The van der Waals surface area contributed by atoms with E-state index in [-0.39, 0.29) is 16.8 Å². The zero-order valence-corrected chi connectivity index (χ0v) is 18.3. The van der Waals surface area contributed by atoms with Gasteiger partial charge in [0, 0.05) is 46.0 Å². The first-order valence-corrected chi connectivity index (χ1v) is 11.0. The van der Waals surface area contributed by atoms with Gasteiger partial charge in [0.2, 0.25) is 10.0 Å². The second-order valence-corrected chi connectivity index (χ2v) is 9.50. The van der Waals surface area contributed by atoms with Crippen LogP contribution in [-0.2, 0) is 10.0 Å². The molecule has 30 heavy (non-hydrogen) atoms. The van der Waals surface area contributed by atoms with Gasteiger partial charge in [-0.15, -0.1) is 0 Å². The summed E-state index contributed by atoms with van der Waals surface area (Å²) < 4.78 is 30.8. The largest absolute Gasteiger partial charge is 0.466 e. The van der Waals surface area contributed by atoms with Crippen LogP contribution in [0.5, 0.6) is 0 Å². The van der Waals surface area contributed by atoms with E-state index in [1.807, 2.05) is 0 Å². The van der Waals surface area contributed by atoms with Crippen molar-refractivity contribution in [2.75, 3.05) is 45.6 Å². The van der Waals surface area contributed by atoms with Crippen molar-refractivity contribution in [2.24, 2.45) is 0 Å². The highest BCUT2D eigenvalue weighted by Gasteiger charge is 2.27. The van der Waals surface area contributed by atoms with Crippen LogP contribution in [0.3, 0.4) is 0 Å². The lowest BCUT2D eigenvalue weighted by Gasteiger charge is -2.34. The van der Waals surface area contributed by atoms with E-state index >= 15 is 0 Å². The lowest BCUT2D eigenvalue weighted by Crippen LogP contribution is -2.51. The molecule has 0 unspecified atom stereocenters. The molecule has 0 saturated carbocycles. The number of hydrogen-bond acceptors (Lipinski definition) is 5. The number of furan rings is 1. The molecule has 3 rings (SSSR count). The number of carbonyl (C=O) groups excluding carboxylic acids is 2. The van der Waals surface area contributed by atoms with Crippen molar-refractivity contribution >= 4 is 27.6 Å². The van der Waals surface area contributed by atoms with E-state index in [9.17, 15) is 18.0 Å². The van der Waals surface area contributed by atoms with Crippen LogP contribution in [0, 0.1) is 13.8 Å². The summed E-state index contributed by atoms with van der Waals surface area (Å²) in [7, 11) is -0.590. The number of nitrogens with zero attached hydrogens (tertiary/aromatic N) is 3. The highest BCUT2D eigenvalue weighted by Crippen LogP contribution is 2.19. The fourth-order valence-electron chi connectivity index (χ4n) is 3.25. The summed E-state index contributed by atoms with van der Waals surface area (Å²) in [5.74, 6) is 1.19. The Balaban J connectivity index is 1.57. The first-order valence-electron chi connectivity index (χ1n) is 9.54. The van der Waals surface area contributed by atoms with Gasteiger partial charge >= 0.3 is 6.03 Å². The predicted molar refractivity (Wildman–Crippen MR) is 112 cm³/mol. The Morgan fingerprint density at radius 2 is 1.57 bits per heavy atom. The van der Waals surface area contributed by atoms with Crippen LogP contribution >= 0.6 is 0 Å². The first kappa shape index (κ1) is 21.8. The molecule has 0 spiro atoms. The summed E-state index contributed by atoms with van der Waals surface area (Å²) in [5.41, 5.74) is 1.05. The van der Waals surface area contributed by atoms with Crippen LogP contribution in [0.25, 0.3) is 0 Å². The highest BCUT2D eigenvalue weighted by atomic mass is 32.2. The minimum absolute atomic E-state index is 0.0953. The van der Waals surface area contributed by atoms with Gasteiger partial charge in [-0.05, 0) is 44.2 Å². The average molecular weight is 435 g/mol. The van der Waals surface area contributed by atoms with Crippen molar-refractivity contribution < 1.29 is 22.4 Å². The van der Waals surface area contributed by atoms with Gasteiger partial charge < -0.3 is 19.5 Å². The number of anilines is 1. The van der Waals surface area contributed by atoms with Gasteiger partial charge in [0.25, 0.3) is 5.91 Å². The highest BCUT2D eigenvalue weighted by molar-refractivity contribution is 7.89. The van der Waals surface area contributed by atoms with Crippen LogP contribution in [0.2, 0.25) is 0 Å². The Hall–Kier alpha value is -2.85. The topological polar surface area (TPSA) is 103 Å². The number of piperazine rings is 1. The van der Waals surface area contributed by atoms with Crippen molar-refractivity contribution in [1.29, 1.82) is 0 Å². The molecule has 1 aromatic carbocycles. The van der Waals surface area contributed by atoms with Gasteiger partial charge in [0.05, 0.1) is 10.5 Å². The van der Waals surface area contributed by atoms with E-state index in [2.05, 4.69) is 5.32 Å². The maximum Gasteiger partial charge on any atom is 0.321 e. The molecule has 2 heterocycles. The van der Waals surface area contributed by atoms with E-state index in [0.29, 0.717) is 49.0 Å². The zero-order chi connectivity index (χ0) is 22.1. The molecule has 9 nitrogen and oxygen atoms in total. The third kappa shape index (κ3) is 4.49. The first-order chi connectivity index (χ1) is 14.1. The smallest absolute Gasteiger partial charge is 0.321 e. The number of sulfonamides is 1. The molecule has 1 aromatic heterocycles. The number of amides is 3. The molecule has 0 radical (unpaired) electrons. The average Bonchev–Trinajstić information content (AvgIpc) is 3.05. The van der Waals surface area contributed by atoms with Crippen LogP contribution < -0.4 is 5.32 Å². The normalized spacial score (nSPS) is 14.8. The van der Waals surface area contributed by atoms with Crippen molar-refractivity contribution in [2.45, 2.75) is 18.7 Å². The third-order valence-electron chi connectivity index (χ3n) is 5.01. The molecule has 1 aliphatic heterocycles. The Labute approximate surface area is 176 Å². The molecule has 2 aromatic rings. The molecule has 1 aliphatic rings. The van der Waals surface area contributed by atoms with Crippen LogP contribution in [0.4, 0.5) is 10.5 Å². The number of benzene rings is 1. The Morgan fingerprint density at radius 3 is 2.07 bits per heavy atom. The van der Waals surface area contributed by atoms with Crippen LogP contribution in [-0.4, -0.2) is 74.7 Å². The molecule has 0 bridgehead atoms. The second kappa shape index (κ2) is 8.49. The van der Waals surface area contributed by atoms with E-state index < -0.39 is 10.0 Å². The van der Waals surface area contributed by atoms with Gasteiger partial charge in [0.15, 0.2) is 0 Å². The fourth-order valence-corrected chi connectivity index (χ4v) is 4.15. The summed E-state index contributed by atoms with van der Waals surface area (Å²) in [5, 5.41) is 2.77. The van der Waals surface area contributed by atoms with E-state index in [0.717, 1.165) is 4.31 Å². The maximum atomic E-state index is 12.7. The minimum atomic E-state index is -3.52. The molecule has 10 heteroatoms. The summed E-state index contributed by atoms with van der Waals surface area (Å²) in [6.45, 7) is 5.22. The summed E-state index contributed by atoms with van der Waals surface area (Å²) >= 11 is 0. The molecule has 3 amide bonds. The summed E-state index contributed by atoms with van der Waals surface area (Å²) in [6, 6.07) is 7.46. The standard InChI is InChI=1S/C20H26N4O5S/c1-14-13-18(15(2)29-14)19(25)23-9-11-24(12-10-23)20(26)21-16-5-7-17(8-6-16)30(27,28)22(3)4/h5-8,13H,9-12H2,1-4H3,(H,21,26). The number of aryl methyl sites for hydroxylation is 2. The van der Waals surface area contributed by atoms with Crippen molar-refractivity contribution in [3.63, 3.8) is 0 Å². The maximum absolute atomic E-state index is 12.7. The third-order valence-corrected chi connectivity index (χ3v) is 6.84. The van der Waals surface area contributed by atoms with Gasteiger partial charge in [-0.3, -0.25) is 4.79 Å². The SMILES string of the molecule is Cc1cc(C(=O)N2CCN(C(=O)Nc3ccc(S(=O)(=O)N(C)C)cc3)CC2)c(C)o1. The second-order valence-electron chi connectivity index (χ2n) is 7.35. The van der Waals surface area contributed by atoms with E-state index in [1.165, 1.54) is 26.2 Å². The quantitative estimate of drug-likeness (QED) is 0.794. The monoisotopic (exact) mass is 434 g/mol. The number of rotatable bonds is 4. The Bertz CT molecular complexity index is 1040. The van der Waals surface area contributed by atoms with Gasteiger partial charge in [-0.2, -0.15) is 0 Å². The van der Waals surface area contributed by atoms with Gasteiger partial charge in [-0.1, -0.05) is 0 Å². The molecule has 0 atom stereocenters. The summed E-state index contributed by atoms with van der Waals surface area (Å²) in [6.07, 6.45) is 0. The van der Waals surface area contributed by atoms with Crippen molar-refractivity contribution in [3.05, 3.63) is 47.4 Å². The molecule has 1 fully saturated rings. The number of hydrogen-bond donors (Lipinski definition) is 1. The molecular weight excluding hydrogens is 408 g/mol. The van der Waals surface area contributed by atoms with Crippen LogP contribution in [0.15, 0.2) is 39.6 Å². The number of carbonyl (C=O) groups is 2. The Kier molecular flexibility index (Phi) is 6.18. The summed E-state index contributed by atoms with van der Waals surface area (Å²) in [4.78, 5) is 28.7.